The van der Waals surface area contributed by atoms with Gasteiger partial charge in [-0.05, 0) is 18.8 Å². The van der Waals surface area contributed by atoms with Crippen LogP contribution in [0.4, 0.5) is 11.5 Å². The molecule has 2 rings (SSSR count). The Balaban J connectivity index is 2.50. The van der Waals surface area contributed by atoms with Crippen LogP contribution >= 0.6 is 0 Å². The molecule has 2 heterocycles. The standard InChI is InChI=1S/C10H14N3/c1-7(2)13-6-4-8-9(11)3-5-12-10(8)13/h3,5-7H,4H2,1-2H3,(H2,11,12)/q+1. The van der Waals surface area contributed by atoms with Crippen molar-refractivity contribution in [3.05, 3.63) is 17.8 Å². The molecule has 3 heteroatoms. The average molecular weight is 176 g/mol. The molecule has 0 saturated carbocycles. The molecule has 0 atom stereocenters. The highest BCUT2D eigenvalue weighted by Crippen LogP contribution is 2.26. The molecule has 0 bridgehead atoms. The van der Waals surface area contributed by atoms with E-state index in [2.05, 4.69) is 29.6 Å². The summed E-state index contributed by atoms with van der Waals surface area (Å²) in [6.45, 7) is 4.30. The quantitative estimate of drug-likeness (QED) is 0.656. The van der Waals surface area contributed by atoms with Gasteiger partial charge in [0.1, 0.15) is 6.20 Å². The van der Waals surface area contributed by atoms with Crippen molar-refractivity contribution < 1.29 is 4.58 Å². The van der Waals surface area contributed by atoms with Gasteiger partial charge in [-0.2, -0.15) is 0 Å². The summed E-state index contributed by atoms with van der Waals surface area (Å²) < 4.78 is 2.17. The van der Waals surface area contributed by atoms with Crippen LogP contribution in [0.1, 0.15) is 19.4 Å². The van der Waals surface area contributed by atoms with Gasteiger partial charge in [-0.15, -0.1) is 0 Å². The van der Waals surface area contributed by atoms with Crippen LogP contribution in [0.5, 0.6) is 0 Å². The van der Waals surface area contributed by atoms with Crippen LogP contribution < -0.4 is 5.73 Å². The van der Waals surface area contributed by atoms with Crippen molar-refractivity contribution in [1.82, 2.24) is 4.98 Å². The Bertz CT molecular complexity index is 366. The summed E-state index contributed by atoms with van der Waals surface area (Å²) in [7, 11) is 0. The van der Waals surface area contributed by atoms with Crippen molar-refractivity contribution in [2.75, 3.05) is 5.73 Å². The molecule has 3 nitrogen and oxygen atoms in total. The third-order valence-corrected chi connectivity index (χ3v) is 2.36. The molecular weight excluding hydrogens is 162 g/mol. The molecule has 1 aliphatic rings. The zero-order chi connectivity index (χ0) is 9.42. The highest BCUT2D eigenvalue weighted by molar-refractivity contribution is 5.71. The fourth-order valence-electron chi connectivity index (χ4n) is 1.66. The Kier molecular flexibility index (Phi) is 1.79. The summed E-state index contributed by atoms with van der Waals surface area (Å²) in [6, 6.07) is 2.31. The number of nitrogens with two attached hydrogens (primary N) is 1. The summed E-state index contributed by atoms with van der Waals surface area (Å²) in [4.78, 5) is 4.34. The van der Waals surface area contributed by atoms with E-state index in [1.807, 2.05) is 6.07 Å². The maximum Gasteiger partial charge on any atom is 0.328 e. The predicted octanol–water partition coefficient (Wildman–Crippen LogP) is 1.34. The second kappa shape index (κ2) is 2.83. The van der Waals surface area contributed by atoms with Gasteiger partial charge < -0.3 is 5.73 Å². The number of aromatic nitrogens is 1. The third kappa shape index (κ3) is 1.20. The van der Waals surface area contributed by atoms with Crippen LogP contribution in [0.15, 0.2) is 12.3 Å². The molecule has 1 aromatic heterocycles. The van der Waals surface area contributed by atoms with Crippen LogP contribution in [-0.4, -0.2) is 21.8 Å². The van der Waals surface area contributed by atoms with E-state index in [1.54, 1.807) is 6.20 Å². The van der Waals surface area contributed by atoms with E-state index in [0.717, 1.165) is 23.5 Å². The lowest BCUT2D eigenvalue weighted by molar-refractivity contribution is -0.472. The van der Waals surface area contributed by atoms with Crippen molar-refractivity contribution >= 4 is 17.7 Å². The summed E-state index contributed by atoms with van der Waals surface area (Å²) in [5.74, 6) is 1.02. The van der Waals surface area contributed by atoms with E-state index in [-0.39, 0.29) is 0 Å². The predicted molar refractivity (Wildman–Crippen MR) is 53.5 cm³/mol. The molecule has 0 unspecified atom stereocenters. The Morgan fingerprint density at radius 2 is 2.31 bits per heavy atom. The summed E-state index contributed by atoms with van der Waals surface area (Å²) in [5.41, 5.74) is 7.86. The Morgan fingerprint density at radius 3 is 3.00 bits per heavy atom. The lowest BCUT2D eigenvalue weighted by Gasteiger charge is -2.04. The highest BCUT2D eigenvalue weighted by Gasteiger charge is 2.25. The normalized spacial score (nSPS) is 14.5. The van der Waals surface area contributed by atoms with Crippen LogP contribution in [0.2, 0.25) is 0 Å². The van der Waals surface area contributed by atoms with E-state index in [4.69, 9.17) is 5.73 Å². The first-order chi connectivity index (χ1) is 6.20. The summed E-state index contributed by atoms with van der Waals surface area (Å²) in [5, 5.41) is 0. The van der Waals surface area contributed by atoms with Gasteiger partial charge >= 0.3 is 5.82 Å². The van der Waals surface area contributed by atoms with Crippen LogP contribution in [0.25, 0.3) is 0 Å². The lowest BCUT2D eigenvalue weighted by atomic mass is 10.2. The highest BCUT2D eigenvalue weighted by atomic mass is 15.1. The fraction of sp³-hybridized carbons (Fsp3) is 0.400. The SMILES string of the molecule is CC(C)[N+]1=CCc2c(N)ccnc21. The minimum absolute atomic E-state index is 0.454. The first-order valence-corrected chi connectivity index (χ1v) is 4.55. The number of hydrogen-bond acceptors (Lipinski definition) is 2. The molecule has 1 aromatic rings. The van der Waals surface area contributed by atoms with Crippen LogP contribution in [0.3, 0.4) is 0 Å². The lowest BCUT2D eigenvalue weighted by Crippen LogP contribution is -2.14. The van der Waals surface area contributed by atoms with Gasteiger partial charge in [0.05, 0.1) is 17.8 Å². The van der Waals surface area contributed by atoms with Crippen LogP contribution in [-0.2, 0) is 6.42 Å². The minimum atomic E-state index is 0.454. The van der Waals surface area contributed by atoms with Gasteiger partial charge in [-0.1, -0.05) is 0 Å². The minimum Gasteiger partial charge on any atom is -0.398 e. The van der Waals surface area contributed by atoms with Gasteiger partial charge in [0, 0.05) is 18.2 Å². The van der Waals surface area contributed by atoms with E-state index in [9.17, 15) is 0 Å². The molecule has 0 amide bonds. The Labute approximate surface area is 77.9 Å². The molecule has 0 spiro atoms. The van der Waals surface area contributed by atoms with Crippen LogP contribution in [0, 0.1) is 0 Å². The zero-order valence-corrected chi connectivity index (χ0v) is 7.99. The van der Waals surface area contributed by atoms with Gasteiger partial charge in [-0.3, -0.25) is 0 Å². The number of nitrogens with zero attached hydrogens (tertiary/aromatic N) is 2. The molecule has 0 saturated heterocycles. The zero-order valence-electron chi connectivity index (χ0n) is 7.99. The van der Waals surface area contributed by atoms with E-state index < -0.39 is 0 Å². The Morgan fingerprint density at radius 1 is 1.54 bits per heavy atom. The maximum absolute atomic E-state index is 5.85. The molecule has 0 fully saturated rings. The largest absolute Gasteiger partial charge is 0.398 e. The van der Waals surface area contributed by atoms with E-state index >= 15 is 0 Å². The second-order valence-electron chi connectivity index (χ2n) is 3.59. The molecular formula is C10H14N3+. The number of hydrogen-bond donors (Lipinski definition) is 1. The number of rotatable bonds is 1. The van der Waals surface area contributed by atoms with Gasteiger partial charge in [0.15, 0.2) is 0 Å². The molecule has 2 N–H and O–H groups in total. The van der Waals surface area contributed by atoms with Gasteiger partial charge in [-0.25, -0.2) is 4.58 Å². The molecule has 1 aliphatic heterocycles. The summed E-state index contributed by atoms with van der Waals surface area (Å²) in [6.07, 6.45) is 4.83. The number of pyridine rings is 1. The van der Waals surface area contributed by atoms with Gasteiger partial charge in [0.2, 0.25) is 0 Å². The van der Waals surface area contributed by atoms with Crippen molar-refractivity contribution in [2.24, 2.45) is 0 Å². The third-order valence-electron chi connectivity index (χ3n) is 2.36. The van der Waals surface area contributed by atoms with E-state index in [0.29, 0.717) is 6.04 Å². The average Bonchev–Trinajstić information content (AvgIpc) is 2.48. The van der Waals surface area contributed by atoms with Crippen molar-refractivity contribution in [3.63, 3.8) is 0 Å². The number of fused-ring (bicyclic) bond motifs is 1. The first kappa shape index (κ1) is 8.23. The first-order valence-electron chi connectivity index (χ1n) is 4.55. The second-order valence-corrected chi connectivity index (χ2v) is 3.59. The molecule has 0 aliphatic carbocycles. The number of anilines is 1. The molecule has 0 radical (unpaired) electrons. The molecule has 0 aromatic carbocycles. The van der Waals surface area contributed by atoms with Crippen molar-refractivity contribution in [1.29, 1.82) is 0 Å². The number of nitrogen functional groups attached to an aromatic ring is 1. The summed E-state index contributed by atoms with van der Waals surface area (Å²) >= 11 is 0. The monoisotopic (exact) mass is 176 g/mol. The van der Waals surface area contributed by atoms with E-state index in [1.165, 1.54) is 0 Å². The van der Waals surface area contributed by atoms with Gasteiger partial charge in [0.25, 0.3) is 0 Å². The molecule has 68 valence electrons. The molecule has 13 heavy (non-hydrogen) atoms. The van der Waals surface area contributed by atoms with Crippen molar-refractivity contribution in [2.45, 2.75) is 26.3 Å². The Hall–Kier alpha value is -1.38. The van der Waals surface area contributed by atoms with Crippen molar-refractivity contribution in [3.8, 4) is 0 Å². The topological polar surface area (TPSA) is 41.9 Å². The smallest absolute Gasteiger partial charge is 0.328 e. The maximum atomic E-state index is 5.85. The fourth-order valence-corrected chi connectivity index (χ4v) is 1.66.